The number of benzene rings is 3. The number of hydrogen-bond donors (Lipinski definition) is 0. The van der Waals surface area contributed by atoms with Gasteiger partial charge in [-0.1, -0.05) is 30.3 Å². The van der Waals surface area contributed by atoms with Crippen LogP contribution >= 0.6 is 0 Å². The molecule has 0 aliphatic carbocycles. The zero-order chi connectivity index (χ0) is 23.3. The Balaban J connectivity index is 1.59. The van der Waals surface area contributed by atoms with Gasteiger partial charge in [0.05, 0.1) is 12.8 Å². The molecule has 33 heavy (non-hydrogen) atoms. The first-order valence-electron chi connectivity index (χ1n) is 9.99. The summed E-state index contributed by atoms with van der Waals surface area (Å²) in [4.78, 5) is 4.18. The molecule has 0 spiro atoms. The van der Waals surface area contributed by atoms with Gasteiger partial charge in [0.25, 0.3) is 0 Å². The minimum absolute atomic E-state index is 0.326. The number of rotatable bonds is 8. The highest BCUT2D eigenvalue weighted by Gasteiger charge is 2.29. The Kier molecular flexibility index (Phi) is 6.48. The van der Waals surface area contributed by atoms with Gasteiger partial charge in [-0.05, 0) is 54.1 Å². The van der Waals surface area contributed by atoms with Crippen LogP contribution in [0.3, 0.4) is 0 Å². The molecule has 0 unspecified atom stereocenters. The van der Waals surface area contributed by atoms with Crippen LogP contribution in [0.5, 0.6) is 17.5 Å². The van der Waals surface area contributed by atoms with Crippen molar-refractivity contribution in [1.82, 2.24) is 14.8 Å². The SMILES string of the molecule is COc1ccc(-n2nc(OCC(F)(F)F)nc2-c2ccc(OCc3ccccc3)cc2)cc1. The third kappa shape index (κ3) is 5.82. The highest BCUT2D eigenvalue weighted by molar-refractivity contribution is 5.59. The van der Waals surface area contributed by atoms with E-state index >= 15 is 0 Å². The molecule has 0 saturated heterocycles. The molecule has 170 valence electrons. The summed E-state index contributed by atoms with van der Waals surface area (Å²) >= 11 is 0. The van der Waals surface area contributed by atoms with Crippen molar-refractivity contribution in [2.45, 2.75) is 12.8 Å². The molecule has 6 nitrogen and oxygen atoms in total. The molecule has 0 radical (unpaired) electrons. The fraction of sp³-hybridized carbons (Fsp3) is 0.167. The van der Waals surface area contributed by atoms with Gasteiger partial charge in [-0.3, -0.25) is 0 Å². The van der Waals surface area contributed by atoms with Crippen LogP contribution in [-0.2, 0) is 6.61 Å². The van der Waals surface area contributed by atoms with E-state index in [9.17, 15) is 13.2 Å². The molecule has 9 heteroatoms. The highest BCUT2D eigenvalue weighted by atomic mass is 19.4. The van der Waals surface area contributed by atoms with Crippen LogP contribution in [0.2, 0.25) is 0 Å². The van der Waals surface area contributed by atoms with E-state index in [-0.39, 0.29) is 6.01 Å². The molecule has 0 aliphatic heterocycles. The minimum atomic E-state index is -4.50. The van der Waals surface area contributed by atoms with Gasteiger partial charge in [-0.15, -0.1) is 5.10 Å². The lowest BCUT2D eigenvalue weighted by Crippen LogP contribution is -2.19. The maximum atomic E-state index is 12.6. The molecule has 0 bridgehead atoms. The maximum absolute atomic E-state index is 12.6. The van der Waals surface area contributed by atoms with Gasteiger partial charge < -0.3 is 14.2 Å². The number of methoxy groups -OCH3 is 1. The molecule has 0 amide bonds. The van der Waals surface area contributed by atoms with E-state index in [0.717, 1.165) is 5.56 Å². The predicted molar refractivity (Wildman–Crippen MR) is 116 cm³/mol. The molecule has 4 aromatic rings. The van der Waals surface area contributed by atoms with Gasteiger partial charge >= 0.3 is 12.2 Å². The van der Waals surface area contributed by atoms with E-state index in [0.29, 0.717) is 35.2 Å². The Labute approximate surface area is 188 Å². The quantitative estimate of drug-likeness (QED) is 0.353. The van der Waals surface area contributed by atoms with Gasteiger partial charge in [0, 0.05) is 5.56 Å². The van der Waals surface area contributed by atoms with Crippen molar-refractivity contribution in [3.8, 4) is 34.6 Å². The number of alkyl halides is 3. The van der Waals surface area contributed by atoms with Crippen molar-refractivity contribution in [1.29, 1.82) is 0 Å². The lowest BCUT2D eigenvalue weighted by molar-refractivity contribution is -0.154. The Bertz CT molecular complexity index is 1180. The van der Waals surface area contributed by atoms with Crippen molar-refractivity contribution in [2.24, 2.45) is 0 Å². The Morgan fingerprint density at radius 1 is 0.818 bits per heavy atom. The lowest BCUT2D eigenvalue weighted by atomic mass is 10.2. The predicted octanol–water partition coefficient (Wildman–Crippen LogP) is 5.46. The largest absolute Gasteiger partial charge is 0.497 e. The lowest BCUT2D eigenvalue weighted by Gasteiger charge is -2.09. The molecule has 0 saturated carbocycles. The van der Waals surface area contributed by atoms with E-state index in [1.807, 2.05) is 30.3 Å². The number of aromatic nitrogens is 3. The van der Waals surface area contributed by atoms with Crippen LogP contribution in [0.4, 0.5) is 13.2 Å². The van der Waals surface area contributed by atoms with E-state index < -0.39 is 12.8 Å². The molecule has 1 heterocycles. The fourth-order valence-corrected chi connectivity index (χ4v) is 3.03. The van der Waals surface area contributed by atoms with E-state index in [2.05, 4.69) is 10.1 Å². The van der Waals surface area contributed by atoms with Crippen molar-refractivity contribution in [3.63, 3.8) is 0 Å². The Morgan fingerprint density at radius 3 is 2.12 bits per heavy atom. The first-order chi connectivity index (χ1) is 15.9. The van der Waals surface area contributed by atoms with Crippen LogP contribution in [0.25, 0.3) is 17.1 Å². The summed E-state index contributed by atoms with van der Waals surface area (Å²) in [6.07, 6.45) is -4.50. The summed E-state index contributed by atoms with van der Waals surface area (Å²) < 4.78 is 55.0. The van der Waals surface area contributed by atoms with E-state index in [4.69, 9.17) is 14.2 Å². The van der Waals surface area contributed by atoms with E-state index in [1.165, 1.54) is 4.68 Å². The average Bonchev–Trinajstić information content (AvgIpc) is 3.26. The highest BCUT2D eigenvalue weighted by Crippen LogP contribution is 2.27. The number of ether oxygens (including phenoxy) is 3. The van der Waals surface area contributed by atoms with Crippen molar-refractivity contribution >= 4 is 0 Å². The summed E-state index contributed by atoms with van der Waals surface area (Å²) in [5.41, 5.74) is 2.25. The third-order valence-corrected chi connectivity index (χ3v) is 4.63. The molecule has 3 aromatic carbocycles. The van der Waals surface area contributed by atoms with Crippen LogP contribution in [0.1, 0.15) is 5.56 Å². The Morgan fingerprint density at radius 2 is 1.48 bits per heavy atom. The summed E-state index contributed by atoms with van der Waals surface area (Å²) in [5.74, 6) is 1.60. The molecule has 0 aliphatic rings. The number of nitrogens with zero attached hydrogens (tertiary/aromatic N) is 3. The third-order valence-electron chi connectivity index (χ3n) is 4.63. The average molecular weight is 455 g/mol. The van der Waals surface area contributed by atoms with Crippen LogP contribution in [-0.4, -0.2) is 34.7 Å². The minimum Gasteiger partial charge on any atom is -0.497 e. The van der Waals surface area contributed by atoms with Crippen molar-refractivity contribution < 1.29 is 27.4 Å². The Hall–Kier alpha value is -4.01. The normalized spacial score (nSPS) is 11.3. The second-order valence-electron chi connectivity index (χ2n) is 7.03. The summed E-state index contributed by atoms with van der Waals surface area (Å²) in [5, 5.41) is 4.13. The first kappa shape index (κ1) is 22.2. The van der Waals surface area contributed by atoms with Gasteiger partial charge in [0.15, 0.2) is 12.4 Å². The van der Waals surface area contributed by atoms with Gasteiger partial charge in [-0.2, -0.15) is 18.2 Å². The standard InChI is InChI=1S/C24H20F3N3O3/c1-31-20-13-9-19(10-14-20)30-22(28-23(29-30)33-16-24(25,26)27)18-7-11-21(12-8-18)32-15-17-5-3-2-4-6-17/h2-14H,15-16H2,1H3. The molecular weight excluding hydrogens is 435 g/mol. The molecular formula is C24H20F3N3O3. The second kappa shape index (κ2) is 9.64. The zero-order valence-electron chi connectivity index (χ0n) is 17.6. The molecule has 0 atom stereocenters. The number of halogens is 3. The summed E-state index contributed by atoms with van der Waals surface area (Å²) in [6, 6.07) is 23.3. The molecule has 4 rings (SSSR count). The molecule has 0 N–H and O–H groups in total. The maximum Gasteiger partial charge on any atom is 0.422 e. The first-order valence-corrected chi connectivity index (χ1v) is 9.99. The van der Waals surface area contributed by atoms with Gasteiger partial charge in [0.2, 0.25) is 0 Å². The second-order valence-corrected chi connectivity index (χ2v) is 7.03. The number of hydrogen-bond acceptors (Lipinski definition) is 5. The van der Waals surface area contributed by atoms with Crippen molar-refractivity contribution in [3.05, 3.63) is 84.4 Å². The van der Waals surface area contributed by atoms with E-state index in [1.54, 1.807) is 55.6 Å². The van der Waals surface area contributed by atoms with Gasteiger partial charge in [0.1, 0.15) is 18.1 Å². The van der Waals surface area contributed by atoms with Crippen LogP contribution in [0, 0.1) is 0 Å². The van der Waals surface area contributed by atoms with Crippen molar-refractivity contribution in [2.75, 3.05) is 13.7 Å². The fourth-order valence-electron chi connectivity index (χ4n) is 3.03. The van der Waals surface area contributed by atoms with Crippen LogP contribution < -0.4 is 14.2 Å². The van der Waals surface area contributed by atoms with Gasteiger partial charge in [-0.25, -0.2) is 4.68 Å². The smallest absolute Gasteiger partial charge is 0.422 e. The summed E-state index contributed by atoms with van der Waals surface area (Å²) in [6.45, 7) is -1.07. The zero-order valence-corrected chi connectivity index (χ0v) is 17.6. The monoisotopic (exact) mass is 455 g/mol. The van der Waals surface area contributed by atoms with Crippen LogP contribution in [0.15, 0.2) is 78.9 Å². The summed E-state index contributed by atoms with van der Waals surface area (Å²) in [7, 11) is 1.54. The molecule has 1 aromatic heterocycles. The molecule has 0 fully saturated rings. The topological polar surface area (TPSA) is 58.4 Å².